The highest BCUT2D eigenvalue weighted by Crippen LogP contribution is 2.36. The van der Waals surface area contributed by atoms with Crippen molar-refractivity contribution in [2.75, 3.05) is 13.2 Å². The van der Waals surface area contributed by atoms with Gasteiger partial charge in [0.2, 0.25) is 0 Å². The molecule has 1 aliphatic rings. The van der Waals surface area contributed by atoms with E-state index in [2.05, 4.69) is 33.0 Å². The molecule has 0 aromatic carbocycles. The van der Waals surface area contributed by atoms with Crippen molar-refractivity contribution < 1.29 is 4.74 Å². The average molecular weight is 255 g/mol. The Balaban J connectivity index is 2.83. The molecule has 1 N–H and O–H groups in total. The quantitative estimate of drug-likeness (QED) is 0.704. The minimum atomic E-state index is 0.0484. The molecule has 1 unspecified atom stereocenters. The summed E-state index contributed by atoms with van der Waals surface area (Å²) in [6, 6.07) is 0.540. The molecule has 1 fully saturated rings. The molecule has 1 atom stereocenters. The van der Waals surface area contributed by atoms with Gasteiger partial charge in [0.15, 0.2) is 0 Å². The standard InChI is InChI=1S/C16H33NO/c1-5-16(6-2,18-8-4)15(17-7-3)14-12-10-9-11-13-14/h14-15,17H,5-13H2,1-4H3. The van der Waals surface area contributed by atoms with E-state index in [4.69, 9.17) is 4.74 Å². The first-order valence-electron chi connectivity index (χ1n) is 8.11. The van der Waals surface area contributed by atoms with Gasteiger partial charge in [0, 0.05) is 12.6 Å². The van der Waals surface area contributed by atoms with Gasteiger partial charge < -0.3 is 10.1 Å². The molecule has 108 valence electrons. The first-order valence-corrected chi connectivity index (χ1v) is 8.11. The minimum absolute atomic E-state index is 0.0484. The van der Waals surface area contributed by atoms with E-state index in [-0.39, 0.29) is 5.60 Å². The van der Waals surface area contributed by atoms with Gasteiger partial charge >= 0.3 is 0 Å². The van der Waals surface area contributed by atoms with Crippen LogP contribution in [0.2, 0.25) is 0 Å². The SMILES string of the molecule is CCNC(C1CCCCC1)C(CC)(CC)OCC. The minimum Gasteiger partial charge on any atom is -0.374 e. The van der Waals surface area contributed by atoms with E-state index < -0.39 is 0 Å². The van der Waals surface area contributed by atoms with Crippen molar-refractivity contribution >= 4 is 0 Å². The molecule has 0 amide bonds. The summed E-state index contributed by atoms with van der Waals surface area (Å²) in [4.78, 5) is 0. The Kier molecular flexibility index (Phi) is 7.25. The Morgan fingerprint density at radius 1 is 1.06 bits per heavy atom. The number of hydrogen-bond acceptors (Lipinski definition) is 2. The van der Waals surface area contributed by atoms with Crippen LogP contribution in [0.4, 0.5) is 0 Å². The van der Waals surface area contributed by atoms with Crippen LogP contribution in [0.15, 0.2) is 0 Å². The molecule has 0 saturated heterocycles. The van der Waals surface area contributed by atoms with Gasteiger partial charge in [0.05, 0.1) is 5.60 Å². The van der Waals surface area contributed by atoms with E-state index in [1.165, 1.54) is 32.1 Å². The molecule has 0 aromatic rings. The molecule has 2 nitrogen and oxygen atoms in total. The Morgan fingerprint density at radius 3 is 2.11 bits per heavy atom. The number of likely N-dealkylation sites (N-methyl/N-ethyl adjacent to an activating group) is 1. The van der Waals surface area contributed by atoms with Gasteiger partial charge in [-0.2, -0.15) is 0 Å². The second-order valence-electron chi connectivity index (χ2n) is 5.64. The second kappa shape index (κ2) is 8.16. The number of ether oxygens (including phenoxy) is 1. The zero-order valence-electron chi connectivity index (χ0n) is 12.9. The fraction of sp³-hybridized carbons (Fsp3) is 1.00. The summed E-state index contributed by atoms with van der Waals surface area (Å²) in [5.41, 5.74) is 0.0484. The molecule has 1 aliphatic carbocycles. The van der Waals surface area contributed by atoms with E-state index in [9.17, 15) is 0 Å². The van der Waals surface area contributed by atoms with Crippen molar-refractivity contribution in [3.8, 4) is 0 Å². The van der Waals surface area contributed by atoms with Crippen LogP contribution in [-0.4, -0.2) is 24.8 Å². The zero-order valence-corrected chi connectivity index (χ0v) is 12.9. The maximum atomic E-state index is 6.23. The molecular formula is C16H33NO. The first-order chi connectivity index (χ1) is 8.74. The van der Waals surface area contributed by atoms with Crippen LogP contribution >= 0.6 is 0 Å². The van der Waals surface area contributed by atoms with Crippen molar-refractivity contribution in [2.24, 2.45) is 5.92 Å². The first kappa shape index (κ1) is 16.0. The van der Waals surface area contributed by atoms with Crippen molar-refractivity contribution in [3.05, 3.63) is 0 Å². The summed E-state index contributed by atoms with van der Waals surface area (Å²) in [6.07, 6.45) is 9.23. The summed E-state index contributed by atoms with van der Waals surface area (Å²) in [5, 5.41) is 3.75. The molecule has 0 bridgehead atoms. The van der Waals surface area contributed by atoms with Gasteiger partial charge in [-0.1, -0.05) is 40.0 Å². The average Bonchev–Trinajstić information content (AvgIpc) is 2.44. The fourth-order valence-electron chi connectivity index (χ4n) is 3.74. The van der Waals surface area contributed by atoms with Crippen molar-refractivity contribution in [3.63, 3.8) is 0 Å². The number of rotatable bonds is 8. The van der Waals surface area contributed by atoms with E-state index in [1.807, 2.05) is 0 Å². The van der Waals surface area contributed by atoms with Gasteiger partial charge in [-0.15, -0.1) is 0 Å². The maximum Gasteiger partial charge on any atom is 0.0832 e. The smallest absolute Gasteiger partial charge is 0.0832 e. The van der Waals surface area contributed by atoms with E-state index in [0.29, 0.717) is 6.04 Å². The lowest BCUT2D eigenvalue weighted by molar-refractivity contribution is -0.0885. The molecule has 1 saturated carbocycles. The molecule has 2 heteroatoms. The highest BCUT2D eigenvalue weighted by atomic mass is 16.5. The lowest BCUT2D eigenvalue weighted by Crippen LogP contribution is -2.56. The zero-order chi connectivity index (χ0) is 13.4. The van der Waals surface area contributed by atoms with Crippen LogP contribution in [0, 0.1) is 5.92 Å². The third kappa shape index (κ3) is 3.71. The number of nitrogens with one attached hydrogen (secondary N) is 1. The second-order valence-corrected chi connectivity index (χ2v) is 5.64. The normalized spacial score (nSPS) is 20.0. The van der Waals surface area contributed by atoms with Gasteiger partial charge in [-0.05, 0) is 45.1 Å². The Labute approximate surface area is 114 Å². The maximum absolute atomic E-state index is 6.23. The molecule has 0 spiro atoms. The molecule has 0 aromatic heterocycles. The lowest BCUT2D eigenvalue weighted by Gasteiger charge is -2.45. The lowest BCUT2D eigenvalue weighted by atomic mass is 9.74. The number of hydrogen-bond donors (Lipinski definition) is 1. The predicted molar refractivity (Wildman–Crippen MR) is 79.0 cm³/mol. The molecule has 1 rings (SSSR count). The van der Waals surface area contributed by atoms with Crippen LogP contribution in [0.3, 0.4) is 0 Å². The third-order valence-electron chi connectivity index (χ3n) is 4.74. The van der Waals surface area contributed by atoms with Gasteiger partial charge in [-0.3, -0.25) is 0 Å². The summed E-state index contributed by atoms with van der Waals surface area (Å²) in [5.74, 6) is 0.810. The Hall–Kier alpha value is -0.0800. The molecule has 18 heavy (non-hydrogen) atoms. The van der Waals surface area contributed by atoms with Gasteiger partial charge in [-0.25, -0.2) is 0 Å². The predicted octanol–water partition coefficient (Wildman–Crippen LogP) is 4.14. The fourth-order valence-corrected chi connectivity index (χ4v) is 3.74. The highest BCUT2D eigenvalue weighted by molar-refractivity contribution is 4.96. The van der Waals surface area contributed by atoms with Gasteiger partial charge in [0.25, 0.3) is 0 Å². The summed E-state index contributed by atoms with van der Waals surface area (Å²) in [6.45, 7) is 10.8. The molecule has 0 heterocycles. The van der Waals surface area contributed by atoms with Crippen LogP contribution in [0.25, 0.3) is 0 Å². The van der Waals surface area contributed by atoms with Crippen molar-refractivity contribution in [2.45, 2.75) is 84.3 Å². The summed E-state index contributed by atoms with van der Waals surface area (Å²) < 4.78 is 6.23. The van der Waals surface area contributed by atoms with Crippen LogP contribution in [0.5, 0.6) is 0 Å². The van der Waals surface area contributed by atoms with Crippen LogP contribution in [0.1, 0.15) is 72.6 Å². The van der Waals surface area contributed by atoms with Gasteiger partial charge in [0.1, 0.15) is 0 Å². The summed E-state index contributed by atoms with van der Waals surface area (Å²) >= 11 is 0. The third-order valence-corrected chi connectivity index (χ3v) is 4.74. The van der Waals surface area contributed by atoms with E-state index >= 15 is 0 Å². The molecule has 0 aliphatic heterocycles. The Bertz CT molecular complexity index is 207. The monoisotopic (exact) mass is 255 g/mol. The van der Waals surface area contributed by atoms with Crippen molar-refractivity contribution in [1.29, 1.82) is 0 Å². The van der Waals surface area contributed by atoms with Crippen LogP contribution < -0.4 is 5.32 Å². The highest BCUT2D eigenvalue weighted by Gasteiger charge is 2.40. The Morgan fingerprint density at radius 2 is 1.67 bits per heavy atom. The van der Waals surface area contributed by atoms with Crippen molar-refractivity contribution in [1.82, 2.24) is 5.32 Å². The largest absolute Gasteiger partial charge is 0.374 e. The molecule has 0 radical (unpaired) electrons. The molecular weight excluding hydrogens is 222 g/mol. The topological polar surface area (TPSA) is 21.3 Å². The summed E-state index contributed by atoms with van der Waals surface area (Å²) in [7, 11) is 0. The van der Waals surface area contributed by atoms with E-state index in [1.54, 1.807) is 0 Å². The van der Waals surface area contributed by atoms with E-state index in [0.717, 1.165) is 31.9 Å². The van der Waals surface area contributed by atoms with Crippen LogP contribution in [-0.2, 0) is 4.74 Å².